The minimum Gasteiger partial charge on any atom is -0.381 e. The molecule has 1 N–H and O–H groups in total. The molecular formula is C15H23N3O4. The first-order valence-electron chi connectivity index (χ1n) is 8.01. The molecule has 3 rings (SSSR count). The third-order valence-corrected chi connectivity index (χ3v) is 4.90. The van der Waals surface area contributed by atoms with E-state index in [0.29, 0.717) is 45.1 Å². The number of amides is 4. The van der Waals surface area contributed by atoms with Crippen LogP contribution >= 0.6 is 0 Å². The number of imide groups is 1. The molecule has 4 amide bonds. The van der Waals surface area contributed by atoms with E-state index in [1.54, 1.807) is 4.90 Å². The maximum Gasteiger partial charge on any atom is 0.325 e. The van der Waals surface area contributed by atoms with E-state index in [0.717, 1.165) is 17.7 Å². The van der Waals surface area contributed by atoms with Gasteiger partial charge >= 0.3 is 6.03 Å². The zero-order valence-electron chi connectivity index (χ0n) is 13.0. The van der Waals surface area contributed by atoms with Crippen LogP contribution in [0.2, 0.25) is 0 Å². The Balaban J connectivity index is 1.65. The van der Waals surface area contributed by atoms with Crippen molar-refractivity contribution in [3.63, 3.8) is 0 Å². The van der Waals surface area contributed by atoms with Gasteiger partial charge in [0.15, 0.2) is 0 Å². The number of nitrogens with zero attached hydrogens (tertiary/aromatic N) is 2. The van der Waals surface area contributed by atoms with E-state index in [1.807, 2.05) is 0 Å². The van der Waals surface area contributed by atoms with E-state index >= 15 is 0 Å². The quantitative estimate of drug-likeness (QED) is 0.746. The lowest BCUT2D eigenvalue weighted by molar-refractivity contribution is -0.141. The van der Waals surface area contributed by atoms with Gasteiger partial charge in [0.1, 0.15) is 12.1 Å². The molecule has 0 radical (unpaired) electrons. The molecule has 0 saturated carbocycles. The molecule has 3 aliphatic rings. The van der Waals surface area contributed by atoms with Gasteiger partial charge in [-0.2, -0.15) is 0 Å². The molecule has 122 valence electrons. The maximum absolute atomic E-state index is 12.6. The predicted octanol–water partition coefficient (Wildman–Crippen LogP) is 0.346. The smallest absolute Gasteiger partial charge is 0.325 e. The van der Waals surface area contributed by atoms with Crippen LogP contribution < -0.4 is 5.32 Å². The number of likely N-dealkylation sites (tertiary alicyclic amines) is 1. The summed E-state index contributed by atoms with van der Waals surface area (Å²) in [6.45, 7) is 4.30. The van der Waals surface area contributed by atoms with Crippen molar-refractivity contribution in [3.05, 3.63) is 0 Å². The number of rotatable bonds is 2. The molecule has 0 aromatic heterocycles. The first kappa shape index (κ1) is 15.3. The second-order valence-electron chi connectivity index (χ2n) is 6.60. The summed E-state index contributed by atoms with van der Waals surface area (Å²) in [4.78, 5) is 39.9. The molecule has 7 nitrogen and oxygen atoms in total. The molecule has 22 heavy (non-hydrogen) atoms. The van der Waals surface area contributed by atoms with Gasteiger partial charge in [-0.25, -0.2) is 4.79 Å². The van der Waals surface area contributed by atoms with Crippen molar-refractivity contribution < 1.29 is 19.1 Å². The van der Waals surface area contributed by atoms with Crippen molar-refractivity contribution >= 4 is 17.8 Å². The Hall–Kier alpha value is -1.63. The highest BCUT2D eigenvalue weighted by atomic mass is 16.5. The van der Waals surface area contributed by atoms with Crippen LogP contribution in [0.25, 0.3) is 0 Å². The maximum atomic E-state index is 12.6. The van der Waals surface area contributed by atoms with Crippen LogP contribution in [0.1, 0.15) is 32.6 Å². The first-order chi connectivity index (χ1) is 10.5. The molecule has 1 atom stereocenters. The summed E-state index contributed by atoms with van der Waals surface area (Å²) in [6, 6.07) is -0.453. The van der Waals surface area contributed by atoms with E-state index in [9.17, 15) is 14.4 Å². The lowest BCUT2D eigenvalue weighted by atomic mass is 9.90. The average molecular weight is 309 g/mol. The summed E-state index contributed by atoms with van der Waals surface area (Å²) in [5.74, 6) is 0.0565. The fraction of sp³-hybridized carbons (Fsp3) is 0.800. The number of urea groups is 1. The largest absolute Gasteiger partial charge is 0.381 e. The molecular weight excluding hydrogens is 286 g/mol. The molecule has 0 aromatic rings. The molecule has 3 heterocycles. The molecule has 3 fully saturated rings. The van der Waals surface area contributed by atoms with Crippen molar-refractivity contribution in [1.82, 2.24) is 15.1 Å². The van der Waals surface area contributed by atoms with Gasteiger partial charge in [-0.3, -0.25) is 14.5 Å². The fourth-order valence-corrected chi connectivity index (χ4v) is 3.53. The second kappa shape index (κ2) is 5.87. The Morgan fingerprint density at radius 2 is 2.09 bits per heavy atom. The third kappa shape index (κ3) is 2.69. The molecule has 0 aliphatic carbocycles. The van der Waals surface area contributed by atoms with E-state index in [-0.39, 0.29) is 18.4 Å². The fourth-order valence-electron chi connectivity index (χ4n) is 3.53. The summed E-state index contributed by atoms with van der Waals surface area (Å²) >= 11 is 0. The first-order valence-corrected chi connectivity index (χ1v) is 8.01. The van der Waals surface area contributed by atoms with Gasteiger partial charge in [-0.05, 0) is 18.8 Å². The van der Waals surface area contributed by atoms with E-state index in [4.69, 9.17) is 4.74 Å². The van der Waals surface area contributed by atoms with Gasteiger partial charge in [-0.1, -0.05) is 6.92 Å². The number of carbonyl (C=O) groups is 3. The van der Waals surface area contributed by atoms with Crippen molar-refractivity contribution in [2.24, 2.45) is 5.92 Å². The van der Waals surface area contributed by atoms with Gasteiger partial charge in [0.2, 0.25) is 5.91 Å². The van der Waals surface area contributed by atoms with Crippen molar-refractivity contribution in [3.8, 4) is 0 Å². The van der Waals surface area contributed by atoms with Crippen LogP contribution in [0.15, 0.2) is 0 Å². The summed E-state index contributed by atoms with van der Waals surface area (Å²) in [6.07, 6.45) is 3.05. The molecule has 3 aliphatic heterocycles. The highest BCUT2D eigenvalue weighted by molar-refractivity contribution is 6.09. The average Bonchev–Trinajstić information content (AvgIpc) is 2.72. The highest BCUT2D eigenvalue weighted by Gasteiger charge is 2.52. The third-order valence-electron chi connectivity index (χ3n) is 4.90. The van der Waals surface area contributed by atoms with E-state index in [1.165, 1.54) is 0 Å². The summed E-state index contributed by atoms with van der Waals surface area (Å²) < 4.78 is 5.27. The minimum atomic E-state index is -0.856. The van der Waals surface area contributed by atoms with Crippen LogP contribution in [0.3, 0.4) is 0 Å². The van der Waals surface area contributed by atoms with E-state index < -0.39 is 11.6 Å². The Kier molecular flexibility index (Phi) is 4.08. The molecule has 7 heteroatoms. The Bertz CT molecular complexity index is 487. The molecule has 1 spiro atoms. The lowest BCUT2D eigenvalue weighted by Crippen LogP contribution is -2.51. The topological polar surface area (TPSA) is 79.0 Å². The van der Waals surface area contributed by atoms with Crippen LogP contribution in [0.5, 0.6) is 0 Å². The Morgan fingerprint density at radius 3 is 2.77 bits per heavy atom. The number of hydrogen-bond acceptors (Lipinski definition) is 4. The lowest BCUT2D eigenvalue weighted by Gasteiger charge is -2.32. The van der Waals surface area contributed by atoms with Crippen LogP contribution in [-0.2, 0) is 14.3 Å². The van der Waals surface area contributed by atoms with Gasteiger partial charge in [0, 0.05) is 39.1 Å². The van der Waals surface area contributed by atoms with Crippen molar-refractivity contribution in [2.75, 3.05) is 32.8 Å². The monoisotopic (exact) mass is 309 g/mol. The highest BCUT2D eigenvalue weighted by Crippen LogP contribution is 2.28. The number of carbonyl (C=O) groups excluding carboxylic acids is 3. The van der Waals surface area contributed by atoms with Crippen LogP contribution in [-0.4, -0.2) is 66.0 Å². The molecule has 3 saturated heterocycles. The normalized spacial score (nSPS) is 28.1. The zero-order chi connectivity index (χ0) is 15.7. The number of nitrogens with one attached hydrogen (secondary N) is 1. The zero-order valence-corrected chi connectivity index (χ0v) is 13.0. The second-order valence-corrected chi connectivity index (χ2v) is 6.60. The standard InChI is InChI=1S/C15H23N3O4/c1-11-3-2-6-17(9-11)12(19)10-18-13(20)15(16-14(18)21)4-7-22-8-5-15/h11H,2-10H2,1H3,(H,16,21)/t11-/m0/s1. The van der Waals surface area contributed by atoms with E-state index in [2.05, 4.69) is 12.2 Å². The minimum absolute atomic E-state index is 0.140. The number of piperidine rings is 1. The van der Waals surface area contributed by atoms with Crippen LogP contribution in [0.4, 0.5) is 4.79 Å². The SMILES string of the molecule is C[C@H]1CCCN(C(=O)CN2C(=O)NC3(CCOCC3)C2=O)C1. The predicted molar refractivity (Wildman–Crippen MR) is 78.0 cm³/mol. The summed E-state index contributed by atoms with van der Waals surface area (Å²) in [5.41, 5.74) is -0.856. The summed E-state index contributed by atoms with van der Waals surface area (Å²) in [5, 5.41) is 2.77. The summed E-state index contributed by atoms with van der Waals surface area (Å²) in [7, 11) is 0. The van der Waals surface area contributed by atoms with Crippen molar-refractivity contribution in [2.45, 2.75) is 38.1 Å². The Morgan fingerprint density at radius 1 is 1.36 bits per heavy atom. The molecule has 0 unspecified atom stereocenters. The van der Waals surface area contributed by atoms with Gasteiger partial charge < -0.3 is 15.0 Å². The number of ether oxygens (including phenoxy) is 1. The van der Waals surface area contributed by atoms with Crippen molar-refractivity contribution in [1.29, 1.82) is 0 Å². The molecule has 0 aromatic carbocycles. The Labute approximate surface area is 129 Å². The number of hydrogen-bond donors (Lipinski definition) is 1. The van der Waals surface area contributed by atoms with Gasteiger partial charge in [0.25, 0.3) is 5.91 Å². The molecule has 0 bridgehead atoms. The van der Waals surface area contributed by atoms with Gasteiger partial charge in [-0.15, -0.1) is 0 Å². The van der Waals surface area contributed by atoms with Crippen LogP contribution in [0, 0.1) is 5.92 Å². The van der Waals surface area contributed by atoms with Gasteiger partial charge in [0.05, 0.1) is 0 Å².